The Kier molecular flexibility index (Phi) is 8.69. The van der Waals surface area contributed by atoms with E-state index in [4.69, 9.17) is 0 Å². The lowest BCUT2D eigenvalue weighted by molar-refractivity contribution is -0.128. The van der Waals surface area contributed by atoms with Gasteiger partial charge in [0.2, 0.25) is 0 Å². The summed E-state index contributed by atoms with van der Waals surface area (Å²) in [6.45, 7) is 12.8. The normalized spacial score (nSPS) is 17.5. The van der Waals surface area contributed by atoms with Crippen LogP contribution in [0.5, 0.6) is 0 Å². The third kappa shape index (κ3) is 6.36. The van der Waals surface area contributed by atoms with Gasteiger partial charge >= 0.3 is 0 Å². The lowest BCUT2D eigenvalue weighted by Crippen LogP contribution is -2.43. The average Bonchev–Trinajstić information content (AvgIpc) is 2.80. The first-order valence-electron chi connectivity index (χ1n) is 10.6. The molecule has 1 aromatic heterocycles. The summed E-state index contributed by atoms with van der Waals surface area (Å²) >= 11 is 0. The molecule has 1 saturated heterocycles. The summed E-state index contributed by atoms with van der Waals surface area (Å²) in [6, 6.07) is 4.36. The van der Waals surface area contributed by atoms with Crippen LogP contribution in [0.1, 0.15) is 52.7 Å². The van der Waals surface area contributed by atoms with Crippen molar-refractivity contribution in [1.82, 2.24) is 14.9 Å². The molecule has 0 aliphatic carbocycles. The minimum Gasteiger partial charge on any atom is -0.339 e. The number of hydrogen-bond donors (Lipinski definition) is 0. The molecule has 162 valence electrons. The van der Waals surface area contributed by atoms with Crippen LogP contribution in [0.25, 0.3) is 5.57 Å². The standard InChI is InChI=1S/C26H32N4O/c1-6-8-23(21(5)24-11-14-28-19-29-24)25(31)30-15-12-26(18-27,13-16-30)17-22(7-2)10-9-20(3)4/h6-11,14,19H,3,12-13,15-17H2,1-2,4-5H3/b8-6-,10-9-,22-7+,23-21-. The van der Waals surface area contributed by atoms with Crippen LogP contribution in [0.2, 0.25) is 0 Å². The second kappa shape index (κ2) is 11.2. The van der Waals surface area contributed by atoms with E-state index in [1.807, 2.05) is 63.0 Å². The van der Waals surface area contributed by atoms with E-state index in [9.17, 15) is 10.1 Å². The Morgan fingerprint density at radius 2 is 1.97 bits per heavy atom. The van der Waals surface area contributed by atoms with Gasteiger partial charge in [-0.3, -0.25) is 4.79 Å². The van der Waals surface area contributed by atoms with Gasteiger partial charge in [0.15, 0.2) is 0 Å². The van der Waals surface area contributed by atoms with Crippen molar-refractivity contribution in [3.8, 4) is 6.07 Å². The smallest absolute Gasteiger partial charge is 0.254 e. The zero-order valence-corrected chi connectivity index (χ0v) is 19.1. The van der Waals surface area contributed by atoms with Gasteiger partial charge in [-0.1, -0.05) is 48.1 Å². The molecule has 0 spiro atoms. The van der Waals surface area contributed by atoms with Crippen LogP contribution >= 0.6 is 0 Å². The van der Waals surface area contributed by atoms with Gasteiger partial charge in [-0.05, 0) is 58.6 Å². The van der Waals surface area contributed by atoms with Gasteiger partial charge in [-0.25, -0.2) is 9.97 Å². The summed E-state index contributed by atoms with van der Waals surface area (Å²) in [5.74, 6) is -0.0193. The van der Waals surface area contributed by atoms with Crippen molar-refractivity contribution >= 4 is 11.5 Å². The van der Waals surface area contributed by atoms with Crippen LogP contribution in [-0.4, -0.2) is 33.9 Å². The van der Waals surface area contributed by atoms with Crippen LogP contribution in [0.3, 0.4) is 0 Å². The van der Waals surface area contributed by atoms with Gasteiger partial charge in [0, 0.05) is 24.9 Å². The fourth-order valence-electron chi connectivity index (χ4n) is 3.71. The number of nitriles is 1. The molecule has 2 heterocycles. The zero-order valence-electron chi connectivity index (χ0n) is 19.1. The number of likely N-dealkylation sites (tertiary alicyclic amines) is 1. The van der Waals surface area contributed by atoms with Gasteiger partial charge in [-0.2, -0.15) is 5.26 Å². The van der Waals surface area contributed by atoms with Crippen molar-refractivity contribution in [2.24, 2.45) is 5.41 Å². The number of amides is 1. The van der Waals surface area contributed by atoms with E-state index < -0.39 is 5.41 Å². The predicted octanol–water partition coefficient (Wildman–Crippen LogP) is 5.43. The summed E-state index contributed by atoms with van der Waals surface area (Å²) in [4.78, 5) is 23.4. The van der Waals surface area contributed by atoms with Crippen LogP contribution in [0.4, 0.5) is 0 Å². The first-order chi connectivity index (χ1) is 14.9. The SMILES string of the molecule is C=C(C)/C=C\C(=C/C)CC1(C#N)CCN(C(=O)C(/C=C\C)=C(/C)c2ccncn2)CC1. The third-order valence-corrected chi connectivity index (χ3v) is 5.67. The van der Waals surface area contributed by atoms with Crippen LogP contribution < -0.4 is 0 Å². The molecular formula is C26H32N4O. The van der Waals surface area contributed by atoms with E-state index in [1.54, 1.807) is 12.3 Å². The Hall–Kier alpha value is -3.26. The topological polar surface area (TPSA) is 69.9 Å². The molecule has 1 aromatic rings. The Morgan fingerprint density at radius 3 is 2.48 bits per heavy atom. The molecule has 31 heavy (non-hydrogen) atoms. The summed E-state index contributed by atoms with van der Waals surface area (Å²) in [5, 5.41) is 9.96. The summed E-state index contributed by atoms with van der Waals surface area (Å²) < 4.78 is 0. The van der Waals surface area contributed by atoms with Crippen LogP contribution in [0, 0.1) is 16.7 Å². The fourth-order valence-corrected chi connectivity index (χ4v) is 3.71. The highest BCUT2D eigenvalue weighted by molar-refractivity contribution is 6.03. The first-order valence-corrected chi connectivity index (χ1v) is 10.6. The van der Waals surface area contributed by atoms with Crippen molar-refractivity contribution in [2.75, 3.05) is 13.1 Å². The van der Waals surface area contributed by atoms with Crippen LogP contribution in [0.15, 0.2) is 72.3 Å². The van der Waals surface area contributed by atoms with E-state index in [-0.39, 0.29) is 5.91 Å². The van der Waals surface area contributed by atoms with E-state index in [1.165, 1.54) is 6.33 Å². The average molecular weight is 417 g/mol. The highest BCUT2D eigenvalue weighted by Gasteiger charge is 2.37. The maximum atomic E-state index is 13.3. The van der Waals surface area contributed by atoms with Crippen molar-refractivity contribution in [1.29, 1.82) is 5.26 Å². The van der Waals surface area contributed by atoms with E-state index in [0.717, 1.165) is 22.4 Å². The highest BCUT2D eigenvalue weighted by atomic mass is 16.2. The predicted molar refractivity (Wildman–Crippen MR) is 126 cm³/mol. The largest absolute Gasteiger partial charge is 0.339 e. The minimum absolute atomic E-state index is 0.0193. The molecule has 0 aromatic carbocycles. The second-order valence-corrected chi connectivity index (χ2v) is 8.04. The van der Waals surface area contributed by atoms with E-state index in [0.29, 0.717) is 37.9 Å². The zero-order chi connectivity index (χ0) is 22.9. The monoisotopic (exact) mass is 416 g/mol. The Morgan fingerprint density at radius 1 is 1.26 bits per heavy atom. The molecule has 5 nitrogen and oxygen atoms in total. The van der Waals surface area contributed by atoms with Gasteiger partial charge in [0.1, 0.15) is 6.33 Å². The highest BCUT2D eigenvalue weighted by Crippen LogP contribution is 2.38. The lowest BCUT2D eigenvalue weighted by Gasteiger charge is -2.38. The number of rotatable bonds is 7. The molecule has 0 unspecified atom stereocenters. The maximum absolute atomic E-state index is 13.3. The van der Waals surface area contributed by atoms with Crippen LogP contribution in [-0.2, 0) is 4.79 Å². The van der Waals surface area contributed by atoms with Crippen molar-refractivity contribution < 1.29 is 4.79 Å². The number of hydrogen-bond acceptors (Lipinski definition) is 4. The Bertz CT molecular complexity index is 953. The van der Waals surface area contributed by atoms with Gasteiger partial charge < -0.3 is 4.90 Å². The quantitative estimate of drug-likeness (QED) is 0.439. The molecule has 1 fully saturated rings. The van der Waals surface area contributed by atoms with E-state index >= 15 is 0 Å². The molecule has 0 radical (unpaired) electrons. The second-order valence-electron chi connectivity index (χ2n) is 8.04. The molecule has 1 amide bonds. The molecule has 0 bridgehead atoms. The summed E-state index contributed by atoms with van der Waals surface area (Å²) in [6.07, 6.45) is 14.9. The molecular weight excluding hydrogens is 384 g/mol. The number of piperidine rings is 1. The molecule has 0 saturated carbocycles. The molecule has 5 heteroatoms. The van der Waals surface area contributed by atoms with Gasteiger partial charge in [0.25, 0.3) is 5.91 Å². The number of carbonyl (C=O) groups excluding carboxylic acids is 1. The van der Waals surface area contributed by atoms with E-state index in [2.05, 4.69) is 22.6 Å². The first kappa shape index (κ1) is 24.0. The molecule has 1 aliphatic rings. The number of allylic oxidation sites excluding steroid dienone is 7. The minimum atomic E-state index is -0.454. The van der Waals surface area contributed by atoms with Crippen molar-refractivity contribution in [3.63, 3.8) is 0 Å². The number of nitrogens with zero attached hydrogens (tertiary/aromatic N) is 4. The maximum Gasteiger partial charge on any atom is 0.254 e. The van der Waals surface area contributed by atoms with Gasteiger partial charge in [0.05, 0.1) is 17.2 Å². The summed E-state index contributed by atoms with van der Waals surface area (Å²) in [7, 11) is 0. The third-order valence-electron chi connectivity index (χ3n) is 5.67. The number of carbonyl (C=O) groups is 1. The Labute approximate surface area is 186 Å². The summed E-state index contributed by atoms with van der Waals surface area (Å²) in [5.41, 5.74) is 3.84. The molecule has 0 N–H and O–H groups in total. The molecule has 1 aliphatic heterocycles. The van der Waals surface area contributed by atoms with Crippen molar-refractivity contribution in [3.05, 3.63) is 78.0 Å². The molecule has 2 rings (SSSR count). The fraction of sp³-hybridized carbons (Fsp3) is 0.385. The van der Waals surface area contributed by atoms with Gasteiger partial charge in [-0.15, -0.1) is 0 Å². The molecule has 0 atom stereocenters. The number of aromatic nitrogens is 2. The Balaban J connectivity index is 2.18. The lowest BCUT2D eigenvalue weighted by atomic mass is 9.74. The van der Waals surface area contributed by atoms with Crippen molar-refractivity contribution in [2.45, 2.75) is 47.0 Å².